The van der Waals surface area contributed by atoms with Crippen molar-refractivity contribution in [2.75, 3.05) is 26.2 Å². The first-order chi connectivity index (χ1) is 5.27. The lowest BCUT2D eigenvalue weighted by Crippen LogP contribution is -2.29. The largest absolute Gasteiger partial charge is 0.315 e. The van der Waals surface area contributed by atoms with E-state index >= 15 is 0 Å². The van der Waals surface area contributed by atoms with E-state index < -0.39 is 0 Å². The average molecular weight is 158 g/mol. The summed E-state index contributed by atoms with van der Waals surface area (Å²) in [6, 6.07) is 0. The smallest absolute Gasteiger partial charge is 0.00768 e. The molecule has 0 unspecified atom stereocenters. The summed E-state index contributed by atoms with van der Waals surface area (Å²) in [5.74, 6) is 0.765. The van der Waals surface area contributed by atoms with E-state index in [4.69, 9.17) is 0 Å². The van der Waals surface area contributed by atoms with Gasteiger partial charge in [-0.2, -0.15) is 0 Å². The minimum Gasteiger partial charge on any atom is -0.315 e. The van der Waals surface area contributed by atoms with E-state index in [-0.39, 0.29) is 0 Å². The highest BCUT2D eigenvalue weighted by molar-refractivity contribution is 4.53. The van der Waals surface area contributed by atoms with Crippen molar-refractivity contribution in [3.63, 3.8) is 0 Å². The summed E-state index contributed by atoms with van der Waals surface area (Å²) in [4.78, 5) is 0. The number of hydrogen-bond donors (Lipinski definition) is 2. The molecule has 0 heterocycles. The fourth-order valence-corrected chi connectivity index (χ4v) is 0.869. The van der Waals surface area contributed by atoms with E-state index in [1.807, 2.05) is 0 Å². The van der Waals surface area contributed by atoms with Crippen LogP contribution in [-0.4, -0.2) is 26.2 Å². The SMILES string of the molecule is CCCNCCNCC(C)C. The molecule has 0 bridgehead atoms. The molecule has 0 spiro atoms. The van der Waals surface area contributed by atoms with Crippen LogP contribution in [0.2, 0.25) is 0 Å². The maximum absolute atomic E-state index is 3.38. The van der Waals surface area contributed by atoms with Crippen molar-refractivity contribution in [2.24, 2.45) is 5.92 Å². The zero-order valence-corrected chi connectivity index (χ0v) is 8.11. The molecule has 0 amide bonds. The van der Waals surface area contributed by atoms with Crippen molar-refractivity contribution >= 4 is 0 Å². The molecule has 0 aromatic carbocycles. The second-order valence-electron chi connectivity index (χ2n) is 3.35. The molecule has 0 saturated heterocycles. The lowest BCUT2D eigenvalue weighted by molar-refractivity contribution is 0.535. The Balaban J connectivity index is 2.80. The first kappa shape index (κ1) is 10.9. The molecule has 0 radical (unpaired) electrons. The van der Waals surface area contributed by atoms with Crippen LogP contribution in [0.15, 0.2) is 0 Å². The summed E-state index contributed by atoms with van der Waals surface area (Å²) >= 11 is 0. The second kappa shape index (κ2) is 8.02. The second-order valence-corrected chi connectivity index (χ2v) is 3.35. The summed E-state index contributed by atoms with van der Waals surface area (Å²) in [5, 5.41) is 6.73. The summed E-state index contributed by atoms with van der Waals surface area (Å²) in [6.07, 6.45) is 1.23. The monoisotopic (exact) mass is 158 g/mol. The van der Waals surface area contributed by atoms with E-state index in [0.717, 1.165) is 32.1 Å². The normalized spacial score (nSPS) is 10.9. The van der Waals surface area contributed by atoms with Gasteiger partial charge >= 0.3 is 0 Å². The van der Waals surface area contributed by atoms with Crippen molar-refractivity contribution in [3.8, 4) is 0 Å². The van der Waals surface area contributed by atoms with Crippen LogP contribution in [0.25, 0.3) is 0 Å². The van der Waals surface area contributed by atoms with E-state index in [2.05, 4.69) is 31.4 Å². The molecule has 68 valence electrons. The standard InChI is InChI=1S/C9H22N2/c1-4-5-10-6-7-11-8-9(2)3/h9-11H,4-8H2,1-3H3. The molecule has 11 heavy (non-hydrogen) atoms. The van der Waals surface area contributed by atoms with Crippen LogP contribution in [0.4, 0.5) is 0 Å². The van der Waals surface area contributed by atoms with Crippen molar-refractivity contribution in [1.82, 2.24) is 10.6 Å². The van der Waals surface area contributed by atoms with Crippen LogP contribution in [0, 0.1) is 5.92 Å². The first-order valence-electron chi connectivity index (χ1n) is 4.68. The molecular weight excluding hydrogens is 136 g/mol. The quantitative estimate of drug-likeness (QED) is 0.545. The van der Waals surface area contributed by atoms with Crippen LogP contribution in [0.1, 0.15) is 27.2 Å². The molecule has 0 aliphatic heterocycles. The average Bonchev–Trinajstić information content (AvgIpc) is 1.96. The van der Waals surface area contributed by atoms with Gasteiger partial charge in [-0.25, -0.2) is 0 Å². The van der Waals surface area contributed by atoms with Crippen molar-refractivity contribution in [3.05, 3.63) is 0 Å². The fourth-order valence-electron chi connectivity index (χ4n) is 0.869. The van der Waals surface area contributed by atoms with Crippen LogP contribution in [-0.2, 0) is 0 Å². The summed E-state index contributed by atoms with van der Waals surface area (Å²) < 4.78 is 0. The zero-order valence-electron chi connectivity index (χ0n) is 8.11. The maximum Gasteiger partial charge on any atom is 0.00768 e. The topological polar surface area (TPSA) is 24.1 Å². The van der Waals surface area contributed by atoms with Crippen LogP contribution in [0.3, 0.4) is 0 Å². The van der Waals surface area contributed by atoms with Crippen LogP contribution >= 0.6 is 0 Å². The molecule has 0 rings (SSSR count). The van der Waals surface area contributed by atoms with Crippen molar-refractivity contribution in [2.45, 2.75) is 27.2 Å². The molecule has 0 atom stereocenters. The lowest BCUT2D eigenvalue weighted by Gasteiger charge is -2.07. The Morgan fingerprint density at radius 2 is 1.64 bits per heavy atom. The van der Waals surface area contributed by atoms with Gasteiger partial charge in [-0.3, -0.25) is 0 Å². The Morgan fingerprint density at radius 3 is 2.18 bits per heavy atom. The molecule has 0 aliphatic rings. The maximum atomic E-state index is 3.38. The number of hydrogen-bond acceptors (Lipinski definition) is 2. The summed E-state index contributed by atoms with van der Waals surface area (Å²) in [6.45, 7) is 11.1. The Morgan fingerprint density at radius 1 is 1.00 bits per heavy atom. The highest BCUT2D eigenvalue weighted by Crippen LogP contribution is 1.85. The highest BCUT2D eigenvalue weighted by atomic mass is 14.9. The molecule has 2 N–H and O–H groups in total. The van der Waals surface area contributed by atoms with Crippen molar-refractivity contribution in [1.29, 1.82) is 0 Å². The summed E-state index contributed by atoms with van der Waals surface area (Å²) in [5.41, 5.74) is 0. The molecule has 0 fully saturated rings. The Labute approximate surface area is 70.8 Å². The molecule has 2 nitrogen and oxygen atoms in total. The van der Waals surface area contributed by atoms with Gasteiger partial charge in [-0.15, -0.1) is 0 Å². The number of nitrogens with one attached hydrogen (secondary N) is 2. The van der Waals surface area contributed by atoms with Crippen molar-refractivity contribution < 1.29 is 0 Å². The van der Waals surface area contributed by atoms with Gasteiger partial charge in [-0.1, -0.05) is 20.8 Å². The van der Waals surface area contributed by atoms with Gasteiger partial charge in [-0.05, 0) is 25.4 Å². The van der Waals surface area contributed by atoms with E-state index in [1.54, 1.807) is 0 Å². The third-order valence-electron chi connectivity index (χ3n) is 1.46. The van der Waals surface area contributed by atoms with E-state index in [1.165, 1.54) is 6.42 Å². The van der Waals surface area contributed by atoms with Gasteiger partial charge in [0.05, 0.1) is 0 Å². The molecule has 0 aromatic heterocycles. The van der Waals surface area contributed by atoms with Gasteiger partial charge < -0.3 is 10.6 Å². The highest BCUT2D eigenvalue weighted by Gasteiger charge is 1.90. The Kier molecular flexibility index (Phi) is 7.96. The molecular formula is C9H22N2. The predicted molar refractivity (Wildman–Crippen MR) is 50.9 cm³/mol. The predicted octanol–water partition coefficient (Wildman–Crippen LogP) is 1.23. The number of rotatable bonds is 7. The van der Waals surface area contributed by atoms with Gasteiger partial charge in [0.15, 0.2) is 0 Å². The molecule has 2 heteroatoms. The minimum absolute atomic E-state index is 0.765. The van der Waals surface area contributed by atoms with Gasteiger partial charge in [0.1, 0.15) is 0 Å². The molecule has 0 aliphatic carbocycles. The molecule has 0 saturated carbocycles. The first-order valence-corrected chi connectivity index (χ1v) is 4.68. The lowest BCUT2D eigenvalue weighted by atomic mass is 10.2. The van der Waals surface area contributed by atoms with Gasteiger partial charge in [0, 0.05) is 13.1 Å². The van der Waals surface area contributed by atoms with E-state index in [0.29, 0.717) is 0 Å². The minimum atomic E-state index is 0.765. The van der Waals surface area contributed by atoms with E-state index in [9.17, 15) is 0 Å². The van der Waals surface area contributed by atoms with Gasteiger partial charge in [0.25, 0.3) is 0 Å². The molecule has 0 aromatic rings. The Bertz CT molecular complexity index is 72.0. The fraction of sp³-hybridized carbons (Fsp3) is 1.00. The van der Waals surface area contributed by atoms with Crippen LogP contribution in [0.5, 0.6) is 0 Å². The van der Waals surface area contributed by atoms with Crippen LogP contribution < -0.4 is 10.6 Å². The van der Waals surface area contributed by atoms with Gasteiger partial charge in [0.2, 0.25) is 0 Å². The zero-order chi connectivity index (χ0) is 8.53. The third kappa shape index (κ3) is 9.92. The summed E-state index contributed by atoms with van der Waals surface area (Å²) in [7, 11) is 0. The Hall–Kier alpha value is -0.0800. The third-order valence-corrected chi connectivity index (χ3v) is 1.46.